The molecule has 9 heteroatoms. The fourth-order valence-corrected chi connectivity index (χ4v) is 4.13. The first kappa shape index (κ1) is 23.2. The lowest BCUT2D eigenvalue weighted by Crippen LogP contribution is -2.53. The molecular weight excluding hydrogens is 477 g/mol. The topological polar surface area (TPSA) is 65.0 Å². The monoisotopic (exact) mass is 496 g/mol. The number of aromatic amines is 1. The van der Waals surface area contributed by atoms with Gasteiger partial charge in [-0.2, -0.15) is 13.2 Å². The Bertz CT molecular complexity index is 1410. The lowest BCUT2D eigenvalue weighted by Gasteiger charge is -2.38. The Morgan fingerprint density at radius 1 is 0.971 bits per heavy atom. The molecule has 178 valence electrons. The molecule has 5 rings (SSSR count). The number of hydrogen-bond donors (Lipinski definition) is 2. The second-order valence-electron chi connectivity index (χ2n) is 8.50. The van der Waals surface area contributed by atoms with Crippen molar-refractivity contribution in [3.8, 4) is 23.0 Å². The van der Waals surface area contributed by atoms with E-state index < -0.39 is 24.6 Å². The highest BCUT2D eigenvalue weighted by Crippen LogP contribution is 2.39. The molecule has 0 saturated carbocycles. The Labute approximate surface area is 204 Å². The van der Waals surface area contributed by atoms with E-state index in [4.69, 9.17) is 11.6 Å². The van der Waals surface area contributed by atoms with Crippen LogP contribution in [0.5, 0.6) is 0 Å². The van der Waals surface area contributed by atoms with E-state index in [1.165, 1.54) is 0 Å². The van der Waals surface area contributed by atoms with Crippen molar-refractivity contribution in [2.75, 3.05) is 18.0 Å². The number of nitrogens with zero attached hydrogens (tertiary/aromatic N) is 3. The second-order valence-corrected chi connectivity index (χ2v) is 8.93. The van der Waals surface area contributed by atoms with E-state index in [1.54, 1.807) is 11.1 Å². The number of halogens is 4. The molecule has 0 atom stereocenters. The molecule has 5 nitrogen and oxygen atoms in total. The van der Waals surface area contributed by atoms with Crippen LogP contribution in [0.15, 0.2) is 60.8 Å². The van der Waals surface area contributed by atoms with Crippen molar-refractivity contribution in [1.29, 1.82) is 0 Å². The van der Waals surface area contributed by atoms with Crippen molar-refractivity contribution in [3.05, 3.63) is 77.1 Å². The van der Waals surface area contributed by atoms with Crippen LogP contribution in [-0.4, -0.2) is 44.9 Å². The third-order valence-corrected chi connectivity index (χ3v) is 6.42. The summed E-state index contributed by atoms with van der Waals surface area (Å²) >= 11 is 5.94. The number of anilines is 1. The number of piperidine rings is 1. The van der Waals surface area contributed by atoms with Gasteiger partial charge < -0.3 is 15.0 Å². The second kappa shape index (κ2) is 8.91. The summed E-state index contributed by atoms with van der Waals surface area (Å²) in [7, 11) is 0. The van der Waals surface area contributed by atoms with Crippen LogP contribution in [0.4, 0.5) is 19.1 Å². The number of pyridine rings is 1. The quantitative estimate of drug-likeness (QED) is 0.356. The van der Waals surface area contributed by atoms with Gasteiger partial charge in [0.05, 0.1) is 11.0 Å². The van der Waals surface area contributed by atoms with Gasteiger partial charge in [0.2, 0.25) is 5.95 Å². The maximum atomic E-state index is 13.1. The average molecular weight is 497 g/mol. The van der Waals surface area contributed by atoms with Gasteiger partial charge in [0.1, 0.15) is 5.69 Å². The summed E-state index contributed by atoms with van der Waals surface area (Å²) < 4.78 is 39.2. The number of benzene rings is 2. The molecule has 2 N–H and O–H groups in total. The normalized spacial score (nSPS) is 15.6. The number of alkyl halides is 3. The van der Waals surface area contributed by atoms with E-state index in [9.17, 15) is 18.3 Å². The number of H-pyrrole nitrogens is 1. The number of rotatable bonds is 2. The number of aromatic nitrogens is 3. The van der Waals surface area contributed by atoms with E-state index in [0.29, 0.717) is 22.2 Å². The van der Waals surface area contributed by atoms with E-state index in [2.05, 4.69) is 26.8 Å². The molecule has 0 spiro atoms. The number of imidazole rings is 1. The Morgan fingerprint density at radius 3 is 2.34 bits per heavy atom. The summed E-state index contributed by atoms with van der Waals surface area (Å²) in [5.41, 5.74) is 2.11. The molecule has 1 fully saturated rings. The molecule has 35 heavy (non-hydrogen) atoms. The zero-order valence-corrected chi connectivity index (χ0v) is 19.2. The van der Waals surface area contributed by atoms with Crippen molar-refractivity contribution in [2.24, 2.45) is 0 Å². The van der Waals surface area contributed by atoms with Crippen LogP contribution in [0.3, 0.4) is 0 Å². The largest absolute Gasteiger partial charge is 0.417 e. The van der Waals surface area contributed by atoms with E-state index in [0.717, 1.165) is 22.2 Å². The molecule has 0 amide bonds. The van der Waals surface area contributed by atoms with Crippen molar-refractivity contribution < 1.29 is 18.3 Å². The van der Waals surface area contributed by atoms with Gasteiger partial charge >= 0.3 is 6.18 Å². The zero-order chi connectivity index (χ0) is 24.6. The van der Waals surface area contributed by atoms with Crippen molar-refractivity contribution in [3.63, 3.8) is 0 Å². The van der Waals surface area contributed by atoms with Crippen molar-refractivity contribution in [2.45, 2.75) is 24.6 Å². The summed E-state index contributed by atoms with van der Waals surface area (Å²) in [5, 5.41) is 10.6. The summed E-state index contributed by atoms with van der Waals surface area (Å²) in [6.45, 7) is 0.111. The maximum absolute atomic E-state index is 13.1. The highest BCUT2D eigenvalue weighted by atomic mass is 35.5. The highest BCUT2D eigenvalue weighted by molar-refractivity contribution is 6.30. The SMILES string of the molecule is OC1(C(F)(F)F)CCN(c2nc3cc(C#Cc4ccc(-c5ccc(Cl)cc5)cn4)ccc3[nH]2)CC1. The lowest BCUT2D eigenvalue weighted by atomic mass is 9.91. The minimum absolute atomic E-state index is 0.0557. The molecule has 1 aliphatic heterocycles. The van der Waals surface area contributed by atoms with Gasteiger partial charge in [0.25, 0.3) is 0 Å². The molecule has 0 aliphatic carbocycles. The fourth-order valence-electron chi connectivity index (χ4n) is 4.01. The van der Waals surface area contributed by atoms with Crippen LogP contribution in [0, 0.1) is 11.8 Å². The minimum atomic E-state index is -4.63. The molecule has 0 unspecified atom stereocenters. The van der Waals surface area contributed by atoms with Crippen LogP contribution in [0.25, 0.3) is 22.2 Å². The van der Waals surface area contributed by atoms with Gasteiger partial charge in [-0.1, -0.05) is 35.7 Å². The van der Waals surface area contributed by atoms with Gasteiger partial charge in [-0.3, -0.25) is 0 Å². The molecule has 4 aromatic rings. The van der Waals surface area contributed by atoms with Gasteiger partial charge in [-0.15, -0.1) is 0 Å². The van der Waals surface area contributed by atoms with Crippen LogP contribution >= 0.6 is 11.6 Å². The smallest absolute Gasteiger partial charge is 0.380 e. The van der Waals surface area contributed by atoms with E-state index in [1.807, 2.05) is 54.6 Å². The lowest BCUT2D eigenvalue weighted by molar-refractivity contribution is -0.266. The Morgan fingerprint density at radius 2 is 1.69 bits per heavy atom. The Kier molecular flexibility index (Phi) is 5.91. The van der Waals surface area contributed by atoms with Gasteiger partial charge in [-0.05, 0) is 47.9 Å². The van der Waals surface area contributed by atoms with Crippen molar-refractivity contribution in [1.82, 2.24) is 15.0 Å². The number of nitrogens with one attached hydrogen (secondary N) is 1. The van der Waals surface area contributed by atoms with Crippen LogP contribution in [0.1, 0.15) is 24.1 Å². The summed E-state index contributed by atoms with van der Waals surface area (Å²) in [6, 6.07) is 16.8. The first-order valence-corrected chi connectivity index (χ1v) is 11.4. The first-order valence-electron chi connectivity index (χ1n) is 11.0. The third kappa shape index (κ3) is 4.83. The number of hydrogen-bond acceptors (Lipinski definition) is 4. The Balaban J connectivity index is 1.29. The standard InChI is InChI=1S/C26H20ClF3N4O/c27-20-6-3-18(4-7-20)19-5-9-21(31-16-19)8-1-17-2-10-22-23(15-17)33-24(32-22)34-13-11-25(35,12-14-34)26(28,29)30/h2-7,9-10,15-16,35H,11-14H2,(H,32,33). The molecule has 0 radical (unpaired) electrons. The maximum Gasteiger partial charge on any atom is 0.417 e. The fraction of sp³-hybridized carbons (Fsp3) is 0.231. The van der Waals surface area contributed by atoms with Crippen LogP contribution in [0.2, 0.25) is 5.02 Å². The molecule has 1 aliphatic rings. The average Bonchev–Trinajstić information content (AvgIpc) is 3.27. The van der Waals surface area contributed by atoms with E-state index in [-0.39, 0.29) is 13.1 Å². The van der Waals surface area contributed by atoms with Gasteiger partial charge in [0.15, 0.2) is 5.60 Å². The number of aliphatic hydroxyl groups is 1. The summed E-state index contributed by atoms with van der Waals surface area (Å²) in [5.74, 6) is 6.60. The molecule has 1 saturated heterocycles. The Hall–Kier alpha value is -3.54. The third-order valence-electron chi connectivity index (χ3n) is 6.16. The molecule has 0 bridgehead atoms. The molecule has 3 heterocycles. The molecule has 2 aromatic heterocycles. The van der Waals surface area contributed by atoms with Crippen LogP contribution in [-0.2, 0) is 0 Å². The number of fused-ring (bicyclic) bond motifs is 1. The zero-order valence-electron chi connectivity index (χ0n) is 18.4. The van der Waals surface area contributed by atoms with Crippen LogP contribution < -0.4 is 4.90 Å². The van der Waals surface area contributed by atoms with Gasteiger partial charge in [-0.25, -0.2) is 9.97 Å². The summed E-state index contributed by atoms with van der Waals surface area (Å²) in [4.78, 5) is 13.8. The predicted molar refractivity (Wildman–Crippen MR) is 129 cm³/mol. The predicted octanol–water partition coefficient (Wildman–Crippen LogP) is 5.57. The first-order chi connectivity index (χ1) is 16.7. The van der Waals surface area contributed by atoms with Crippen molar-refractivity contribution >= 4 is 28.6 Å². The highest BCUT2D eigenvalue weighted by Gasteiger charge is 2.54. The molecule has 2 aromatic carbocycles. The molecular formula is C26H20ClF3N4O. The summed E-state index contributed by atoms with van der Waals surface area (Å²) in [6.07, 6.45) is -3.66. The van der Waals surface area contributed by atoms with Gasteiger partial charge in [0, 0.05) is 48.3 Å². The minimum Gasteiger partial charge on any atom is -0.380 e. The van der Waals surface area contributed by atoms with E-state index >= 15 is 0 Å².